The Balaban J connectivity index is 1.54. The number of thioether (sulfide) groups is 1. The molecule has 2 amide bonds. The van der Waals surface area contributed by atoms with Crippen LogP contribution in [0.25, 0.3) is 0 Å². The monoisotopic (exact) mass is 337 g/mol. The minimum Gasteiger partial charge on any atom is -0.355 e. The molecule has 0 bridgehead atoms. The van der Waals surface area contributed by atoms with Crippen LogP contribution >= 0.6 is 11.8 Å². The molecule has 2 saturated carbocycles. The second-order valence-corrected chi connectivity index (χ2v) is 7.13. The predicted molar refractivity (Wildman–Crippen MR) is 87.3 cm³/mol. The number of rotatable bonds is 8. The van der Waals surface area contributed by atoms with Crippen molar-refractivity contribution < 1.29 is 9.59 Å². The summed E-state index contributed by atoms with van der Waals surface area (Å²) in [6, 6.07) is -0.00760. The number of nitrogens with one attached hydrogen (secondary N) is 2. The minimum atomic E-state index is -0.522. The highest BCUT2D eigenvalue weighted by atomic mass is 32.2. The van der Waals surface area contributed by atoms with Crippen molar-refractivity contribution in [3.05, 3.63) is 5.82 Å². The molecule has 1 aromatic rings. The largest absolute Gasteiger partial charge is 0.355 e. The zero-order valence-electron chi connectivity index (χ0n) is 13.5. The Morgan fingerprint density at radius 2 is 2.04 bits per heavy atom. The van der Waals surface area contributed by atoms with Gasteiger partial charge in [-0.1, -0.05) is 11.8 Å². The van der Waals surface area contributed by atoms with Crippen molar-refractivity contribution in [3.63, 3.8) is 0 Å². The van der Waals surface area contributed by atoms with Gasteiger partial charge in [0, 0.05) is 18.5 Å². The van der Waals surface area contributed by atoms with Gasteiger partial charge in [-0.2, -0.15) is 0 Å². The Morgan fingerprint density at radius 3 is 2.65 bits per heavy atom. The summed E-state index contributed by atoms with van der Waals surface area (Å²) in [5.74, 6) is 1.57. The molecule has 0 unspecified atom stereocenters. The molecule has 2 N–H and O–H groups in total. The molecule has 7 nitrogen and oxygen atoms in total. The highest BCUT2D eigenvalue weighted by molar-refractivity contribution is 7.99. The SMILES string of the molecule is CCNC(=O)[C@@H](C)NC(=O)CSc1nnc(C2CC2)n1C1CC1. The Kier molecular flexibility index (Phi) is 4.89. The summed E-state index contributed by atoms with van der Waals surface area (Å²) in [5, 5.41) is 14.8. The number of amides is 2. The molecular formula is C15H23N5O2S. The van der Waals surface area contributed by atoms with Gasteiger partial charge in [0.2, 0.25) is 11.8 Å². The Labute approximate surface area is 140 Å². The van der Waals surface area contributed by atoms with Crippen molar-refractivity contribution in [1.82, 2.24) is 25.4 Å². The smallest absolute Gasteiger partial charge is 0.242 e. The van der Waals surface area contributed by atoms with Crippen LogP contribution in [0.15, 0.2) is 5.16 Å². The van der Waals surface area contributed by atoms with E-state index >= 15 is 0 Å². The third-order valence-corrected chi connectivity index (χ3v) is 4.94. The van der Waals surface area contributed by atoms with Gasteiger partial charge >= 0.3 is 0 Å². The van der Waals surface area contributed by atoms with Gasteiger partial charge in [0.15, 0.2) is 5.16 Å². The van der Waals surface area contributed by atoms with Gasteiger partial charge in [0.1, 0.15) is 11.9 Å². The van der Waals surface area contributed by atoms with Crippen molar-refractivity contribution >= 4 is 23.6 Å². The van der Waals surface area contributed by atoms with E-state index in [-0.39, 0.29) is 17.6 Å². The van der Waals surface area contributed by atoms with Crippen molar-refractivity contribution in [2.75, 3.05) is 12.3 Å². The van der Waals surface area contributed by atoms with Gasteiger partial charge in [0.25, 0.3) is 0 Å². The zero-order chi connectivity index (χ0) is 16.4. The Bertz CT molecular complexity index is 595. The number of hydrogen-bond donors (Lipinski definition) is 2. The number of hydrogen-bond acceptors (Lipinski definition) is 5. The predicted octanol–water partition coefficient (Wildman–Crippen LogP) is 1.22. The van der Waals surface area contributed by atoms with Crippen LogP contribution in [0.4, 0.5) is 0 Å². The van der Waals surface area contributed by atoms with Crippen molar-refractivity contribution in [1.29, 1.82) is 0 Å². The molecule has 3 rings (SSSR count). The average molecular weight is 337 g/mol. The van der Waals surface area contributed by atoms with Crippen LogP contribution in [-0.4, -0.2) is 44.9 Å². The number of carbonyl (C=O) groups is 2. The molecule has 1 heterocycles. The molecule has 1 aromatic heterocycles. The summed E-state index contributed by atoms with van der Waals surface area (Å²) < 4.78 is 2.23. The van der Waals surface area contributed by atoms with E-state index in [2.05, 4.69) is 25.4 Å². The molecule has 0 radical (unpaired) electrons. The maximum Gasteiger partial charge on any atom is 0.242 e. The maximum atomic E-state index is 12.0. The summed E-state index contributed by atoms with van der Waals surface area (Å²) >= 11 is 1.40. The molecule has 126 valence electrons. The molecule has 0 spiro atoms. The van der Waals surface area contributed by atoms with Gasteiger partial charge in [-0.15, -0.1) is 10.2 Å². The fourth-order valence-electron chi connectivity index (χ4n) is 2.49. The first-order valence-electron chi connectivity index (χ1n) is 8.24. The quantitative estimate of drug-likeness (QED) is 0.696. The third kappa shape index (κ3) is 4.04. The first-order valence-corrected chi connectivity index (χ1v) is 9.23. The van der Waals surface area contributed by atoms with Crippen molar-refractivity contribution in [3.8, 4) is 0 Å². The lowest BCUT2D eigenvalue weighted by atomic mass is 10.3. The molecule has 23 heavy (non-hydrogen) atoms. The number of carbonyl (C=O) groups excluding carboxylic acids is 2. The van der Waals surface area contributed by atoms with E-state index in [1.54, 1.807) is 6.92 Å². The molecule has 8 heteroatoms. The Hall–Kier alpha value is -1.57. The third-order valence-electron chi connectivity index (χ3n) is 4.00. The lowest BCUT2D eigenvalue weighted by Crippen LogP contribution is -2.45. The summed E-state index contributed by atoms with van der Waals surface area (Å²) in [6.45, 7) is 4.10. The van der Waals surface area contributed by atoms with Crippen LogP contribution in [-0.2, 0) is 9.59 Å². The van der Waals surface area contributed by atoms with Crippen LogP contribution in [0.3, 0.4) is 0 Å². The summed E-state index contributed by atoms with van der Waals surface area (Å²) in [7, 11) is 0. The lowest BCUT2D eigenvalue weighted by molar-refractivity contribution is -0.127. The number of likely N-dealkylation sites (N-methyl/N-ethyl adjacent to an activating group) is 1. The summed E-state index contributed by atoms with van der Waals surface area (Å²) in [4.78, 5) is 23.6. The van der Waals surface area contributed by atoms with Gasteiger partial charge < -0.3 is 15.2 Å². The van der Waals surface area contributed by atoms with E-state index in [9.17, 15) is 9.59 Å². The fourth-order valence-corrected chi connectivity index (χ4v) is 3.31. The topological polar surface area (TPSA) is 88.9 Å². The van der Waals surface area contributed by atoms with Gasteiger partial charge in [-0.05, 0) is 39.5 Å². The van der Waals surface area contributed by atoms with E-state index in [1.807, 2.05) is 6.92 Å². The van der Waals surface area contributed by atoms with E-state index in [1.165, 1.54) is 37.4 Å². The zero-order valence-corrected chi connectivity index (χ0v) is 14.4. The van der Waals surface area contributed by atoms with Crippen LogP contribution in [0.1, 0.15) is 57.3 Å². The fraction of sp³-hybridized carbons (Fsp3) is 0.733. The van der Waals surface area contributed by atoms with Crippen molar-refractivity contribution in [2.24, 2.45) is 0 Å². The molecule has 0 aromatic carbocycles. The first kappa shape index (κ1) is 16.3. The maximum absolute atomic E-state index is 12.0. The van der Waals surface area contributed by atoms with E-state index < -0.39 is 6.04 Å². The summed E-state index contributed by atoms with van der Waals surface area (Å²) in [6.07, 6.45) is 4.73. The molecule has 0 aliphatic heterocycles. The summed E-state index contributed by atoms with van der Waals surface area (Å²) in [5.41, 5.74) is 0. The van der Waals surface area contributed by atoms with Crippen molar-refractivity contribution in [2.45, 2.75) is 62.7 Å². The van der Waals surface area contributed by atoms with Crippen LogP contribution in [0.2, 0.25) is 0 Å². The van der Waals surface area contributed by atoms with E-state index in [0.717, 1.165) is 11.0 Å². The first-order chi connectivity index (χ1) is 11.1. The highest BCUT2D eigenvalue weighted by Gasteiger charge is 2.36. The minimum absolute atomic E-state index is 0.160. The second kappa shape index (κ2) is 6.90. The molecule has 0 saturated heterocycles. The lowest BCUT2D eigenvalue weighted by Gasteiger charge is -2.13. The number of aromatic nitrogens is 3. The van der Waals surface area contributed by atoms with E-state index in [4.69, 9.17) is 0 Å². The molecular weight excluding hydrogens is 314 g/mol. The van der Waals surface area contributed by atoms with E-state index in [0.29, 0.717) is 18.5 Å². The Morgan fingerprint density at radius 1 is 1.30 bits per heavy atom. The standard InChI is InChI=1S/C15H23N5O2S/c1-3-16-14(22)9(2)17-12(21)8-23-15-19-18-13(10-4-5-10)20(15)11-6-7-11/h9-11H,3-8H2,1-2H3,(H,16,22)(H,17,21)/t9-/m1/s1. The van der Waals surface area contributed by atoms with Gasteiger partial charge in [-0.25, -0.2) is 0 Å². The second-order valence-electron chi connectivity index (χ2n) is 6.19. The normalized spacial score (nSPS) is 18.5. The molecule has 1 atom stereocenters. The highest BCUT2D eigenvalue weighted by Crippen LogP contribution is 2.45. The van der Waals surface area contributed by atoms with Crippen LogP contribution in [0, 0.1) is 0 Å². The van der Waals surface area contributed by atoms with Crippen LogP contribution in [0.5, 0.6) is 0 Å². The van der Waals surface area contributed by atoms with Crippen LogP contribution < -0.4 is 10.6 Å². The molecule has 2 fully saturated rings. The number of nitrogens with zero attached hydrogens (tertiary/aromatic N) is 3. The van der Waals surface area contributed by atoms with Gasteiger partial charge in [-0.3, -0.25) is 9.59 Å². The van der Waals surface area contributed by atoms with Gasteiger partial charge in [0.05, 0.1) is 5.75 Å². The molecule has 2 aliphatic rings. The average Bonchev–Trinajstić information content (AvgIpc) is 3.44. The molecule has 2 aliphatic carbocycles.